The number of rotatable bonds is 2. The van der Waals surface area contributed by atoms with E-state index in [1.54, 1.807) is 37.5 Å². The Hall–Kier alpha value is -2.01. The van der Waals surface area contributed by atoms with Crippen LogP contribution < -0.4 is 0 Å². The summed E-state index contributed by atoms with van der Waals surface area (Å²) in [6, 6.07) is 10.6. The summed E-state index contributed by atoms with van der Waals surface area (Å²) in [5.41, 5.74) is 0.922. The zero-order valence-electron chi connectivity index (χ0n) is 11.5. The van der Waals surface area contributed by atoms with Gasteiger partial charge in [0.25, 0.3) is 6.43 Å². The van der Waals surface area contributed by atoms with Gasteiger partial charge < -0.3 is 0 Å². The molecule has 3 aromatic rings. The molecule has 0 aliphatic heterocycles. The lowest BCUT2D eigenvalue weighted by Crippen LogP contribution is -2.02. The second-order valence-electron chi connectivity index (χ2n) is 4.81. The van der Waals surface area contributed by atoms with Gasteiger partial charge in [0.1, 0.15) is 6.07 Å². The molecule has 2 aromatic carbocycles. The second-order valence-corrected chi connectivity index (χ2v) is 5.98. The molecule has 3 nitrogen and oxygen atoms in total. The molecule has 0 aliphatic carbocycles. The molecule has 0 N–H and O–H groups in total. The molecule has 0 bridgehead atoms. The normalized spacial score (nSPS) is 11.1. The second kappa shape index (κ2) is 5.65. The molecule has 0 fully saturated rings. The number of hydrogen-bond acceptors (Lipinski definition) is 2. The third kappa shape index (κ3) is 2.25. The van der Waals surface area contributed by atoms with Gasteiger partial charge in [-0.15, -0.1) is 0 Å². The summed E-state index contributed by atoms with van der Waals surface area (Å²) in [6.07, 6.45) is -1.07. The van der Waals surface area contributed by atoms with Gasteiger partial charge in [-0.25, -0.2) is 8.78 Å². The van der Waals surface area contributed by atoms with E-state index >= 15 is 0 Å². The van der Waals surface area contributed by atoms with Gasteiger partial charge in [-0.2, -0.15) is 10.4 Å². The van der Waals surface area contributed by atoms with Crippen LogP contribution in [0, 0.1) is 14.9 Å². The van der Waals surface area contributed by atoms with E-state index in [1.807, 2.05) is 22.6 Å². The first-order chi connectivity index (χ1) is 10.5. The Labute approximate surface area is 139 Å². The molecule has 6 heteroatoms. The highest BCUT2D eigenvalue weighted by molar-refractivity contribution is 14.1. The lowest BCUT2D eigenvalue weighted by molar-refractivity contribution is 0.152. The van der Waals surface area contributed by atoms with Crippen LogP contribution >= 0.6 is 22.6 Å². The Kier molecular flexibility index (Phi) is 3.83. The van der Waals surface area contributed by atoms with Gasteiger partial charge in [0, 0.05) is 23.6 Å². The summed E-state index contributed by atoms with van der Waals surface area (Å²) in [5, 5.41) is 15.0. The first-order valence-electron chi connectivity index (χ1n) is 6.46. The number of alkyl halides is 2. The number of fused-ring (bicyclic) bond motifs is 1. The number of benzene rings is 2. The maximum absolute atomic E-state index is 13.6. The average molecular weight is 409 g/mol. The number of nitrogens with zero attached hydrogens (tertiary/aromatic N) is 3. The third-order valence-corrected chi connectivity index (χ3v) is 4.35. The number of hydrogen-bond donors (Lipinski definition) is 0. The van der Waals surface area contributed by atoms with Crippen molar-refractivity contribution in [2.75, 3.05) is 0 Å². The van der Waals surface area contributed by atoms with Gasteiger partial charge in [0.2, 0.25) is 0 Å². The Balaban J connectivity index is 2.52. The minimum absolute atomic E-state index is 0.142. The van der Waals surface area contributed by atoms with Gasteiger partial charge in [-0.05, 0) is 34.0 Å². The molecule has 0 radical (unpaired) electrons. The van der Waals surface area contributed by atoms with E-state index < -0.39 is 6.43 Å². The highest BCUT2D eigenvalue weighted by Gasteiger charge is 2.24. The molecule has 1 heterocycles. The van der Waals surface area contributed by atoms with Crippen LogP contribution in [0.4, 0.5) is 8.78 Å². The maximum atomic E-state index is 13.6. The molecule has 1 aromatic heterocycles. The summed E-state index contributed by atoms with van der Waals surface area (Å²) in [5.74, 6) is 0. The molecule has 0 spiro atoms. The molecule has 0 amide bonds. The first kappa shape index (κ1) is 14.9. The predicted molar refractivity (Wildman–Crippen MR) is 88.5 cm³/mol. The summed E-state index contributed by atoms with van der Waals surface area (Å²) < 4.78 is 29.4. The van der Waals surface area contributed by atoms with Crippen molar-refractivity contribution in [2.24, 2.45) is 7.05 Å². The summed E-state index contributed by atoms with van der Waals surface area (Å²) in [7, 11) is 1.68. The lowest BCUT2D eigenvalue weighted by Gasteiger charge is -2.14. The van der Waals surface area contributed by atoms with Crippen molar-refractivity contribution in [3.8, 4) is 17.3 Å². The quantitative estimate of drug-likeness (QED) is 0.579. The van der Waals surface area contributed by atoms with Crippen molar-refractivity contribution < 1.29 is 8.78 Å². The molecular weight excluding hydrogens is 399 g/mol. The lowest BCUT2D eigenvalue weighted by atomic mass is 9.92. The van der Waals surface area contributed by atoms with Crippen LogP contribution in [0.25, 0.3) is 22.0 Å². The number of aryl methyl sites for hydroxylation is 1. The summed E-state index contributed by atoms with van der Waals surface area (Å²) in [6.45, 7) is 0. The van der Waals surface area contributed by atoms with E-state index in [0.717, 1.165) is 3.57 Å². The van der Waals surface area contributed by atoms with Gasteiger partial charge in [0.15, 0.2) is 0 Å². The van der Waals surface area contributed by atoms with Crippen LogP contribution in [0.1, 0.15) is 17.6 Å². The zero-order valence-corrected chi connectivity index (χ0v) is 13.7. The Morgan fingerprint density at radius 1 is 1.32 bits per heavy atom. The van der Waals surface area contributed by atoms with Crippen molar-refractivity contribution in [2.45, 2.75) is 6.43 Å². The van der Waals surface area contributed by atoms with E-state index in [4.69, 9.17) is 0 Å². The van der Waals surface area contributed by atoms with E-state index in [2.05, 4.69) is 11.2 Å². The van der Waals surface area contributed by atoms with Crippen molar-refractivity contribution in [1.29, 1.82) is 5.26 Å². The van der Waals surface area contributed by atoms with Crippen molar-refractivity contribution in [3.05, 3.63) is 51.2 Å². The number of aromatic nitrogens is 2. The summed E-state index contributed by atoms with van der Waals surface area (Å²) >= 11 is 2.04. The van der Waals surface area contributed by atoms with E-state index in [9.17, 15) is 14.0 Å². The van der Waals surface area contributed by atoms with Gasteiger partial charge in [-0.3, -0.25) is 4.68 Å². The third-order valence-electron chi connectivity index (χ3n) is 3.56. The van der Waals surface area contributed by atoms with Crippen molar-refractivity contribution >= 4 is 33.4 Å². The molecule has 0 atom stereocenters. The van der Waals surface area contributed by atoms with Crippen LogP contribution in [0.15, 0.2) is 36.5 Å². The fraction of sp³-hybridized carbons (Fsp3) is 0.125. The van der Waals surface area contributed by atoms with Crippen molar-refractivity contribution in [1.82, 2.24) is 9.78 Å². The Morgan fingerprint density at radius 3 is 2.64 bits per heavy atom. The van der Waals surface area contributed by atoms with Gasteiger partial charge in [-0.1, -0.05) is 24.3 Å². The van der Waals surface area contributed by atoms with Gasteiger partial charge in [0.05, 0.1) is 21.0 Å². The largest absolute Gasteiger partial charge is 0.267 e. The molecule has 0 aliphatic rings. The fourth-order valence-electron chi connectivity index (χ4n) is 2.60. The van der Waals surface area contributed by atoms with Crippen LogP contribution in [0.3, 0.4) is 0 Å². The van der Waals surface area contributed by atoms with Crippen LogP contribution in [0.5, 0.6) is 0 Å². The first-order valence-corrected chi connectivity index (χ1v) is 7.54. The molecule has 22 heavy (non-hydrogen) atoms. The molecule has 110 valence electrons. The highest BCUT2D eigenvalue weighted by atomic mass is 127. The van der Waals surface area contributed by atoms with Crippen molar-refractivity contribution in [3.63, 3.8) is 0 Å². The highest BCUT2D eigenvalue weighted by Crippen LogP contribution is 2.39. The van der Waals surface area contributed by atoms with E-state index in [1.165, 1.54) is 10.7 Å². The molecular formula is C16H10F2IN3. The number of halogens is 3. The summed E-state index contributed by atoms with van der Waals surface area (Å²) in [4.78, 5) is 0. The average Bonchev–Trinajstić information content (AvgIpc) is 2.84. The van der Waals surface area contributed by atoms with E-state index in [-0.39, 0.29) is 16.7 Å². The SMILES string of the molecule is Cn1ncc(I)c1-c1c(C(F)F)cc2ccccc2c1C#N. The van der Waals surface area contributed by atoms with Crippen LogP contribution in [-0.2, 0) is 7.05 Å². The van der Waals surface area contributed by atoms with Gasteiger partial charge >= 0.3 is 0 Å². The molecule has 0 unspecified atom stereocenters. The number of nitriles is 1. The Bertz CT molecular complexity index is 890. The predicted octanol–water partition coefficient (Wildman–Crippen LogP) is 4.65. The molecule has 3 rings (SSSR count). The van der Waals surface area contributed by atoms with Crippen LogP contribution in [-0.4, -0.2) is 9.78 Å². The fourth-order valence-corrected chi connectivity index (χ4v) is 3.35. The zero-order chi connectivity index (χ0) is 15.9. The van der Waals surface area contributed by atoms with Crippen LogP contribution in [0.2, 0.25) is 0 Å². The smallest absolute Gasteiger partial charge is 0.264 e. The van der Waals surface area contributed by atoms with E-state index in [0.29, 0.717) is 16.5 Å². The monoisotopic (exact) mass is 409 g/mol. The minimum atomic E-state index is -2.67. The Morgan fingerprint density at radius 2 is 2.05 bits per heavy atom. The standard InChI is InChI=1S/C16H10F2IN3/c1-22-15(13(19)8-21-22)14-11(16(17)18)6-9-4-2-3-5-10(9)12(14)7-20/h2-6,8,16H,1H3. The molecule has 0 saturated heterocycles. The topological polar surface area (TPSA) is 41.6 Å². The molecule has 0 saturated carbocycles. The maximum Gasteiger partial charge on any atom is 0.264 e. The minimum Gasteiger partial charge on any atom is -0.267 e.